The molecule has 3 nitrogen and oxygen atoms in total. The third-order valence-electron chi connectivity index (χ3n) is 2.45. The molecule has 0 heterocycles. The number of hydrogen-bond acceptors (Lipinski definition) is 3. The van der Waals surface area contributed by atoms with Crippen molar-refractivity contribution in [2.24, 2.45) is 0 Å². The van der Waals surface area contributed by atoms with Gasteiger partial charge in [-0.05, 0) is 17.2 Å². The molecule has 1 unspecified atom stereocenters. The number of carbonyl (C=O) groups excluding carboxylic acids is 1. The maximum absolute atomic E-state index is 10.7. The van der Waals surface area contributed by atoms with Gasteiger partial charge in [-0.25, -0.2) is 0 Å². The zero-order valence-corrected chi connectivity index (χ0v) is 7.47. The van der Waals surface area contributed by atoms with E-state index in [-0.39, 0.29) is 12.2 Å². The summed E-state index contributed by atoms with van der Waals surface area (Å²) in [6.45, 7) is 0. The lowest BCUT2D eigenvalue weighted by Crippen LogP contribution is -2.37. The Hall–Kier alpha value is -1.61. The van der Waals surface area contributed by atoms with Gasteiger partial charge in [0.15, 0.2) is 11.9 Å². The SMILES string of the molecule is O=CC1(O)Cc2ccccc2C=C1O. The summed E-state index contributed by atoms with van der Waals surface area (Å²) in [7, 11) is 0. The van der Waals surface area contributed by atoms with E-state index in [9.17, 15) is 15.0 Å². The predicted molar refractivity (Wildman–Crippen MR) is 51.8 cm³/mol. The van der Waals surface area contributed by atoms with E-state index in [0.717, 1.165) is 11.1 Å². The topological polar surface area (TPSA) is 57.5 Å². The summed E-state index contributed by atoms with van der Waals surface area (Å²) in [5.74, 6) is -0.286. The summed E-state index contributed by atoms with van der Waals surface area (Å²) in [5.41, 5.74) is -0.0367. The van der Waals surface area contributed by atoms with Crippen molar-refractivity contribution in [1.82, 2.24) is 0 Å². The molecule has 14 heavy (non-hydrogen) atoms. The molecule has 0 fully saturated rings. The van der Waals surface area contributed by atoms with Gasteiger partial charge >= 0.3 is 0 Å². The Labute approximate surface area is 81.3 Å². The van der Waals surface area contributed by atoms with Crippen LogP contribution in [-0.2, 0) is 11.2 Å². The van der Waals surface area contributed by atoms with Crippen LogP contribution in [0.1, 0.15) is 11.1 Å². The number of aldehydes is 1. The van der Waals surface area contributed by atoms with Gasteiger partial charge in [-0.1, -0.05) is 24.3 Å². The van der Waals surface area contributed by atoms with Gasteiger partial charge in [-0.15, -0.1) is 0 Å². The van der Waals surface area contributed by atoms with E-state index in [0.29, 0.717) is 6.29 Å². The van der Waals surface area contributed by atoms with Crippen LogP contribution in [0.3, 0.4) is 0 Å². The van der Waals surface area contributed by atoms with Gasteiger partial charge in [0.2, 0.25) is 0 Å². The first-order valence-corrected chi connectivity index (χ1v) is 4.33. The molecule has 0 aliphatic heterocycles. The highest BCUT2D eigenvalue weighted by Crippen LogP contribution is 2.28. The van der Waals surface area contributed by atoms with E-state index in [1.165, 1.54) is 6.08 Å². The fourth-order valence-corrected chi connectivity index (χ4v) is 1.59. The van der Waals surface area contributed by atoms with Crippen molar-refractivity contribution in [3.05, 3.63) is 41.2 Å². The number of aliphatic hydroxyl groups is 2. The molecule has 1 aromatic rings. The summed E-state index contributed by atoms with van der Waals surface area (Å²) in [5, 5.41) is 19.2. The van der Waals surface area contributed by atoms with E-state index < -0.39 is 5.60 Å². The largest absolute Gasteiger partial charge is 0.509 e. The Balaban J connectivity index is 2.53. The highest BCUT2D eigenvalue weighted by Gasteiger charge is 2.35. The fraction of sp³-hybridized carbons (Fsp3) is 0.182. The van der Waals surface area contributed by atoms with Crippen molar-refractivity contribution in [1.29, 1.82) is 0 Å². The average molecular weight is 190 g/mol. The maximum Gasteiger partial charge on any atom is 0.180 e. The van der Waals surface area contributed by atoms with Crippen LogP contribution in [0, 0.1) is 0 Å². The molecule has 0 radical (unpaired) electrons. The van der Waals surface area contributed by atoms with Gasteiger partial charge in [0.05, 0.1) is 0 Å². The number of aliphatic hydroxyl groups excluding tert-OH is 1. The standard InChI is InChI=1S/C11H10O3/c12-7-11(14)6-9-4-2-1-3-8(9)5-10(11)13/h1-5,7,13-14H,6H2. The molecule has 1 atom stereocenters. The number of benzene rings is 1. The molecule has 0 spiro atoms. The molecule has 1 aliphatic rings. The Morgan fingerprint density at radius 3 is 2.79 bits per heavy atom. The molecule has 1 aromatic carbocycles. The average Bonchev–Trinajstić information content (AvgIpc) is 2.20. The van der Waals surface area contributed by atoms with Crippen LogP contribution in [0.15, 0.2) is 30.0 Å². The monoisotopic (exact) mass is 190 g/mol. The maximum atomic E-state index is 10.7. The zero-order valence-electron chi connectivity index (χ0n) is 7.47. The summed E-state index contributed by atoms with van der Waals surface area (Å²) in [4.78, 5) is 10.7. The van der Waals surface area contributed by atoms with Crippen molar-refractivity contribution in [3.8, 4) is 0 Å². The van der Waals surface area contributed by atoms with Crippen molar-refractivity contribution >= 4 is 12.4 Å². The van der Waals surface area contributed by atoms with Crippen molar-refractivity contribution in [2.45, 2.75) is 12.0 Å². The molecule has 72 valence electrons. The van der Waals surface area contributed by atoms with Crippen LogP contribution >= 0.6 is 0 Å². The van der Waals surface area contributed by atoms with E-state index in [1.54, 1.807) is 0 Å². The minimum atomic E-state index is -1.74. The predicted octanol–water partition coefficient (Wildman–Crippen LogP) is 1.07. The molecule has 2 N–H and O–H groups in total. The summed E-state index contributed by atoms with van der Waals surface area (Å²) in [6.07, 6.45) is 1.93. The van der Waals surface area contributed by atoms with Crippen LogP contribution in [0.5, 0.6) is 0 Å². The number of hydrogen-bond donors (Lipinski definition) is 2. The quantitative estimate of drug-likeness (QED) is 0.651. The molecular formula is C11H10O3. The summed E-state index contributed by atoms with van der Waals surface area (Å²) < 4.78 is 0. The van der Waals surface area contributed by atoms with Gasteiger partial charge in [-0.2, -0.15) is 0 Å². The first-order chi connectivity index (χ1) is 6.65. The highest BCUT2D eigenvalue weighted by molar-refractivity contribution is 5.75. The van der Waals surface area contributed by atoms with Crippen molar-refractivity contribution in [3.63, 3.8) is 0 Å². The van der Waals surface area contributed by atoms with E-state index in [2.05, 4.69) is 0 Å². The fourth-order valence-electron chi connectivity index (χ4n) is 1.59. The zero-order chi connectivity index (χ0) is 10.2. The lowest BCUT2D eigenvalue weighted by molar-refractivity contribution is -0.123. The normalized spacial score (nSPS) is 25.1. The second kappa shape index (κ2) is 2.96. The van der Waals surface area contributed by atoms with Crippen LogP contribution in [-0.4, -0.2) is 22.1 Å². The Morgan fingerprint density at radius 2 is 2.07 bits per heavy atom. The van der Waals surface area contributed by atoms with Gasteiger partial charge in [0.25, 0.3) is 0 Å². The minimum Gasteiger partial charge on any atom is -0.509 e. The number of rotatable bonds is 1. The molecule has 0 saturated carbocycles. The lowest BCUT2D eigenvalue weighted by Gasteiger charge is -2.26. The molecule has 0 saturated heterocycles. The molecular weight excluding hydrogens is 180 g/mol. The van der Waals surface area contributed by atoms with Crippen LogP contribution in [0.25, 0.3) is 6.08 Å². The molecule has 2 rings (SSSR count). The summed E-state index contributed by atoms with van der Waals surface area (Å²) >= 11 is 0. The second-order valence-corrected chi connectivity index (χ2v) is 3.45. The van der Waals surface area contributed by atoms with E-state index >= 15 is 0 Å². The van der Waals surface area contributed by atoms with Crippen LogP contribution < -0.4 is 0 Å². The number of fused-ring (bicyclic) bond motifs is 1. The van der Waals surface area contributed by atoms with E-state index in [1.807, 2.05) is 24.3 Å². The van der Waals surface area contributed by atoms with E-state index in [4.69, 9.17) is 0 Å². The highest BCUT2D eigenvalue weighted by atomic mass is 16.3. The first-order valence-electron chi connectivity index (χ1n) is 4.33. The summed E-state index contributed by atoms with van der Waals surface area (Å²) in [6, 6.07) is 7.33. The molecule has 0 aromatic heterocycles. The van der Waals surface area contributed by atoms with Crippen molar-refractivity contribution in [2.75, 3.05) is 0 Å². The third kappa shape index (κ3) is 1.22. The smallest absolute Gasteiger partial charge is 0.180 e. The third-order valence-corrected chi connectivity index (χ3v) is 2.45. The molecule has 1 aliphatic carbocycles. The van der Waals surface area contributed by atoms with Crippen LogP contribution in [0.4, 0.5) is 0 Å². The molecule has 0 amide bonds. The Bertz CT molecular complexity index is 409. The molecule has 3 heteroatoms. The van der Waals surface area contributed by atoms with Crippen molar-refractivity contribution < 1.29 is 15.0 Å². The lowest BCUT2D eigenvalue weighted by atomic mass is 9.85. The van der Waals surface area contributed by atoms with Gasteiger partial charge < -0.3 is 10.2 Å². The Kier molecular flexibility index (Phi) is 1.89. The number of carbonyl (C=O) groups is 1. The second-order valence-electron chi connectivity index (χ2n) is 3.45. The van der Waals surface area contributed by atoms with Gasteiger partial charge in [0, 0.05) is 6.42 Å². The molecule has 0 bridgehead atoms. The van der Waals surface area contributed by atoms with Gasteiger partial charge in [-0.3, -0.25) is 4.79 Å². The van der Waals surface area contributed by atoms with Gasteiger partial charge in [0.1, 0.15) is 5.76 Å². The van der Waals surface area contributed by atoms with Crippen LogP contribution in [0.2, 0.25) is 0 Å². The first kappa shape index (κ1) is 8.97. The minimum absolute atomic E-state index is 0.134. The Morgan fingerprint density at radius 1 is 1.36 bits per heavy atom.